The molecular weight excluding hydrogens is 228 g/mol. The van der Waals surface area contributed by atoms with E-state index in [1.807, 2.05) is 11.3 Å². The van der Waals surface area contributed by atoms with Crippen molar-refractivity contribution in [2.75, 3.05) is 13.6 Å². The lowest BCUT2D eigenvalue weighted by Gasteiger charge is -2.38. The van der Waals surface area contributed by atoms with E-state index in [-0.39, 0.29) is 0 Å². The van der Waals surface area contributed by atoms with Crippen LogP contribution in [0.4, 0.5) is 0 Å². The Labute approximate surface area is 108 Å². The van der Waals surface area contributed by atoms with Crippen LogP contribution in [0.5, 0.6) is 0 Å². The van der Waals surface area contributed by atoms with Crippen LogP contribution in [0.15, 0.2) is 11.4 Å². The molecule has 1 aromatic heterocycles. The lowest BCUT2D eigenvalue weighted by Crippen LogP contribution is -2.43. The Kier molecular flexibility index (Phi) is 3.50. The third-order valence-electron chi connectivity index (χ3n) is 4.46. The molecule has 17 heavy (non-hydrogen) atoms. The predicted octanol–water partition coefficient (Wildman–Crippen LogP) is 2.64. The molecule has 0 unspecified atom stereocenters. The first kappa shape index (κ1) is 11.7. The first-order valence-electron chi connectivity index (χ1n) is 6.83. The monoisotopic (exact) mass is 250 g/mol. The van der Waals surface area contributed by atoms with Gasteiger partial charge in [-0.15, -0.1) is 11.3 Å². The highest BCUT2D eigenvalue weighted by Gasteiger charge is 2.27. The summed E-state index contributed by atoms with van der Waals surface area (Å²) in [5.74, 6) is 0. The fourth-order valence-corrected chi connectivity index (χ4v) is 4.20. The molecule has 0 saturated heterocycles. The molecule has 0 spiro atoms. The Morgan fingerprint density at radius 2 is 2.12 bits per heavy atom. The molecule has 1 N–H and O–H groups in total. The second-order valence-electron chi connectivity index (χ2n) is 5.38. The summed E-state index contributed by atoms with van der Waals surface area (Å²) in [7, 11) is 2.10. The van der Waals surface area contributed by atoms with Gasteiger partial charge in [0.1, 0.15) is 0 Å². The summed E-state index contributed by atoms with van der Waals surface area (Å²) in [6, 6.07) is 3.94. The molecule has 0 radical (unpaired) electrons. The summed E-state index contributed by atoms with van der Waals surface area (Å²) in [6.07, 6.45) is 6.75. The van der Waals surface area contributed by atoms with Crippen LogP contribution in [-0.4, -0.2) is 30.6 Å². The minimum absolute atomic E-state index is 0.771. The highest BCUT2D eigenvalue weighted by molar-refractivity contribution is 7.10. The molecule has 1 fully saturated rings. The van der Waals surface area contributed by atoms with Crippen molar-refractivity contribution in [2.24, 2.45) is 0 Å². The topological polar surface area (TPSA) is 15.3 Å². The van der Waals surface area contributed by atoms with Gasteiger partial charge in [-0.25, -0.2) is 0 Å². The summed E-state index contributed by atoms with van der Waals surface area (Å²) in [5, 5.41) is 5.68. The van der Waals surface area contributed by atoms with Crippen molar-refractivity contribution in [1.29, 1.82) is 0 Å². The van der Waals surface area contributed by atoms with Gasteiger partial charge in [-0.2, -0.15) is 0 Å². The first-order valence-corrected chi connectivity index (χ1v) is 7.71. The van der Waals surface area contributed by atoms with E-state index in [1.165, 1.54) is 45.2 Å². The van der Waals surface area contributed by atoms with Gasteiger partial charge < -0.3 is 5.32 Å². The molecule has 3 heteroatoms. The van der Waals surface area contributed by atoms with Gasteiger partial charge in [0.25, 0.3) is 0 Å². The number of rotatable bonds is 2. The van der Waals surface area contributed by atoms with Crippen LogP contribution in [0.25, 0.3) is 0 Å². The molecule has 0 atom stereocenters. The highest BCUT2D eigenvalue weighted by atomic mass is 32.1. The Hall–Kier alpha value is -0.380. The fraction of sp³-hybridized carbons (Fsp3) is 0.714. The van der Waals surface area contributed by atoms with E-state index in [9.17, 15) is 0 Å². The van der Waals surface area contributed by atoms with E-state index < -0.39 is 0 Å². The molecule has 1 aromatic rings. The molecule has 0 aromatic carbocycles. The second-order valence-corrected chi connectivity index (χ2v) is 6.38. The molecule has 2 heterocycles. The van der Waals surface area contributed by atoms with Gasteiger partial charge in [-0.05, 0) is 56.2 Å². The third-order valence-corrected chi connectivity index (χ3v) is 5.48. The Morgan fingerprint density at radius 3 is 2.88 bits per heavy atom. The van der Waals surface area contributed by atoms with E-state index in [1.54, 1.807) is 10.4 Å². The zero-order valence-electron chi connectivity index (χ0n) is 10.6. The predicted molar refractivity (Wildman–Crippen MR) is 73.5 cm³/mol. The van der Waals surface area contributed by atoms with Gasteiger partial charge in [-0.3, -0.25) is 4.90 Å². The van der Waals surface area contributed by atoms with Gasteiger partial charge in [0.2, 0.25) is 0 Å². The Bertz CT molecular complexity index is 366. The number of nitrogens with one attached hydrogen (secondary N) is 1. The van der Waals surface area contributed by atoms with Crippen molar-refractivity contribution in [1.82, 2.24) is 10.2 Å². The molecule has 1 aliphatic heterocycles. The summed E-state index contributed by atoms with van der Waals surface area (Å²) in [4.78, 5) is 4.35. The largest absolute Gasteiger partial charge is 0.317 e. The standard InChI is InChI=1S/C14H22N2S/c1-15-12-2-4-13(5-3-12)16-8-6-14-11(10-16)7-9-17-14/h7,9,12-13,15H,2-6,8,10H2,1H3. The van der Waals surface area contributed by atoms with Crippen LogP contribution < -0.4 is 5.32 Å². The van der Waals surface area contributed by atoms with Crippen molar-refractivity contribution >= 4 is 11.3 Å². The number of fused-ring (bicyclic) bond motifs is 1. The molecule has 2 nitrogen and oxygen atoms in total. The van der Waals surface area contributed by atoms with Crippen molar-refractivity contribution in [3.63, 3.8) is 0 Å². The normalized spacial score (nSPS) is 30.2. The first-order chi connectivity index (χ1) is 8.36. The molecule has 0 bridgehead atoms. The van der Waals surface area contributed by atoms with E-state index in [4.69, 9.17) is 0 Å². The zero-order valence-corrected chi connectivity index (χ0v) is 11.4. The average molecular weight is 250 g/mol. The number of hydrogen-bond donors (Lipinski definition) is 1. The maximum absolute atomic E-state index is 3.42. The summed E-state index contributed by atoms with van der Waals surface area (Å²) < 4.78 is 0. The zero-order chi connectivity index (χ0) is 11.7. The summed E-state index contributed by atoms with van der Waals surface area (Å²) in [5.41, 5.74) is 1.59. The van der Waals surface area contributed by atoms with E-state index in [0.29, 0.717) is 0 Å². The minimum Gasteiger partial charge on any atom is -0.317 e. The van der Waals surface area contributed by atoms with Crippen molar-refractivity contribution in [3.05, 3.63) is 21.9 Å². The quantitative estimate of drug-likeness (QED) is 0.868. The van der Waals surface area contributed by atoms with Crippen LogP contribution in [0.1, 0.15) is 36.1 Å². The summed E-state index contributed by atoms with van der Waals surface area (Å²) >= 11 is 1.94. The van der Waals surface area contributed by atoms with E-state index in [2.05, 4.69) is 28.7 Å². The van der Waals surface area contributed by atoms with Gasteiger partial charge >= 0.3 is 0 Å². The van der Waals surface area contributed by atoms with E-state index in [0.717, 1.165) is 12.1 Å². The lowest BCUT2D eigenvalue weighted by atomic mass is 9.89. The SMILES string of the molecule is CNC1CCC(N2CCc3sccc3C2)CC1. The Balaban J connectivity index is 1.60. The molecule has 3 rings (SSSR count). The lowest BCUT2D eigenvalue weighted by molar-refractivity contribution is 0.132. The molecule has 0 amide bonds. The van der Waals surface area contributed by atoms with Crippen molar-refractivity contribution in [2.45, 2.75) is 50.7 Å². The van der Waals surface area contributed by atoms with Crippen LogP contribution in [0.2, 0.25) is 0 Å². The smallest absolute Gasteiger partial charge is 0.0247 e. The van der Waals surface area contributed by atoms with Crippen LogP contribution in [0.3, 0.4) is 0 Å². The highest BCUT2D eigenvalue weighted by Crippen LogP contribution is 2.30. The maximum atomic E-state index is 3.42. The van der Waals surface area contributed by atoms with Gasteiger partial charge in [-0.1, -0.05) is 0 Å². The van der Waals surface area contributed by atoms with Crippen molar-refractivity contribution < 1.29 is 0 Å². The number of hydrogen-bond acceptors (Lipinski definition) is 3. The van der Waals surface area contributed by atoms with Gasteiger partial charge in [0.05, 0.1) is 0 Å². The molecule has 94 valence electrons. The second kappa shape index (κ2) is 5.09. The fourth-order valence-electron chi connectivity index (χ4n) is 3.31. The van der Waals surface area contributed by atoms with E-state index >= 15 is 0 Å². The van der Waals surface area contributed by atoms with Crippen molar-refractivity contribution in [3.8, 4) is 0 Å². The van der Waals surface area contributed by atoms with Crippen LogP contribution in [0, 0.1) is 0 Å². The summed E-state index contributed by atoms with van der Waals surface area (Å²) in [6.45, 7) is 2.48. The average Bonchev–Trinajstić information content (AvgIpc) is 2.86. The van der Waals surface area contributed by atoms with Gasteiger partial charge in [0, 0.05) is 30.1 Å². The third kappa shape index (κ3) is 2.42. The molecular formula is C14H22N2S. The number of nitrogens with zero attached hydrogens (tertiary/aromatic N) is 1. The van der Waals surface area contributed by atoms with Gasteiger partial charge in [0.15, 0.2) is 0 Å². The Morgan fingerprint density at radius 1 is 1.29 bits per heavy atom. The molecule has 2 aliphatic rings. The minimum atomic E-state index is 0.771. The molecule has 1 saturated carbocycles. The van der Waals surface area contributed by atoms with Crippen LogP contribution >= 0.6 is 11.3 Å². The van der Waals surface area contributed by atoms with Crippen LogP contribution in [-0.2, 0) is 13.0 Å². The molecule has 1 aliphatic carbocycles. The maximum Gasteiger partial charge on any atom is 0.0247 e. The number of thiophene rings is 1.